The summed E-state index contributed by atoms with van der Waals surface area (Å²) >= 11 is 6.00. The highest BCUT2D eigenvalue weighted by Crippen LogP contribution is 2.37. The number of amides is 1. The van der Waals surface area contributed by atoms with Crippen LogP contribution in [-0.4, -0.2) is 85.7 Å². The first kappa shape index (κ1) is 32.9. The third kappa shape index (κ3) is 9.49. The lowest BCUT2D eigenvalue weighted by Gasteiger charge is -2.41. The van der Waals surface area contributed by atoms with E-state index < -0.39 is 41.0 Å². The molecule has 2 aromatic carbocycles. The third-order valence-electron chi connectivity index (χ3n) is 7.22. The fourth-order valence-electron chi connectivity index (χ4n) is 5.04. The van der Waals surface area contributed by atoms with Gasteiger partial charge in [-0.25, -0.2) is 0 Å². The van der Waals surface area contributed by atoms with Crippen LogP contribution in [0, 0.1) is 0 Å². The Balaban J connectivity index is 1.50. The lowest BCUT2D eigenvalue weighted by Crippen LogP contribution is -2.54. The van der Waals surface area contributed by atoms with Gasteiger partial charge in [-0.2, -0.15) is 26.3 Å². The molecule has 0 bridgehead atoms. The normalized spacial score (nSPS) is 19.1. The Morgan fingerprint density at radius 2 is 1.63 bits per heavy atom. The summed E-state index contributed by atoms with van der Waals surface area (Å²) in [5, 5.41) is 0.504. The molecule has 1 N–H and O–H groups in total. The molecule has 7 nitrogen and oxygen atoms in total. The van der Waals surface area contributed by atoms with E-state index in [1.807, 2.05) is 18.0 Å². The summed E-state index contributed by atoms with van der Waals surface area (Å²) in [4.78, 5) is 24.6. The number of hydroxylamine groups is 1. The molecule has 2 aliphatic heterocycles. The Morgan fingerprint density at radius 1 is 1.00 bits per heavy atom. The molecule has 1 amide bonds. The minimum atomic E-state index is -5.06. The number of alkyl halides is 6. The number of halogens is 7. The number of benzene rings is 2. The van der Waals surface area contributed by atoms with Gasteiger partial charge in [-0.05, 0) is 49.2 Å². The Morgan fingerprint density at radius 3 is 2.23 bits per heavy atom. The molecule has 0 aliphatic carbocycles. The van der Waals surface area contributed by atoms with Gasteiger partial charge in [-0.3, -0.25) is 20.0 Å². The molecule has 4 rings (SSSR count). The molecule has 236 valence electrons. The molecule has 2 fully saturated rings. The van der Waals surface area contributed by atoms with Crippen LogP contribution in [0.3, 0.4) is 0 Å². The SMILES string of the molecule is CC(=CN1CCN(C(=O)c2cc(C(F)(F)F)cc(C(F)(F)F)c2)C(Cc2ccc(Cl)cc2)C1)NOCCN1CCOCC1. The second kappa shape index (κ2) is 14.2. The van der Waals surface area contributed by atoms with Crippen molar-refractivity contribution < 1.29 is 40.7 Å². The van der Waals surface area contributed by atoms with E-state index in [1.165, 1.54) is 4.90 Å². The monoisotopic (exact) mass is 634 g/mol. The van der Waals surface area contributed by atoms with Crippen molar-refractivity contribution in [3.63, 3.8) is 0 Å². The quantitative estimate of drug-likeness (QED) is 0.225. The number of nitrogens with one attached hydrogen (secondary N) is 1. The molecule has 0 spiro atoms. The number of carbonyl (C=O) groups excluding carboxylic acids is 1. The first-order valence-corrected chi connectivity index (χ1v) is 14.1. The highest BCUT2D eigenvalue weighted by atomic mass is 35.5. The van der Waals surface area contributed by atoms with Gasteiger partial charge in [0.25, 0.3) is 5.91 Å². The summed E-state index contributed by atoms with van der Waals surface area (Å²) in [5.41, 5.74) is 0.664. The van der Waals surface area contributed by atoms with Crippen LogP contribution in [0.1, 0.15) is 34.0 Å². The fraction of sp³-hybridized carbons (Fsp3) is 0.483. The van der Waals surface area contributed by atoms with E-state index in [9.17, 15) is 31.1 Å². The van der Waals surface area contributed by atoms with Crippen molar-refractivity contribution >= 4 is 17.5 Å². The van der Waals surface area contributed by atoms with Gasteiger partial charge in [-0.1, -0.05) is 23.7 Å². The van der Waals surface area contributed by atoms with E-state index in [0.29, 0.717) is 55.6 Å². The maximum absolute atomic E-state index is 13.5. The standard InChI is InChI=1S/C29H33ClF6N4O3/c1-20(37-43-13-10-38-8-11-42-12-9-38)18-39-6-7-40(26(19-39)14-21-2-4-25(30)5-3-21)27(41)22-15-23(28(31,32)33)17-24(16-22)29(34,35)36/h2-5,15-18,26,37H,6-14,19H2,1H3. The van der Waals surface area contributed by atoms with E-state index >= 15 is 0 Å². The molecule has 0 radical (unpaired) electrons. The van der Waals surface area contributed by atoms with Crippen molar-refractivity contribution in [2.24, 2.45) is 0 Å². The van der Waals surface area contributed by atoms with E-state index in [4.69, 9.17) is 21.2 Å². The van der Waals surface area contributed by atoms with Gasteiger partial charge in [-0.15, -0.1) is 0 Å². The minimum Gasteiger partial charge on any atom is -0.379 e. The summed E-state index contributed by atoms with van der Waals surface area (Å²) in [7, 11) is 0. The molecule has 2 aliphatic rings. The van der Waals surface area contributed by atoms with Crippen LogP contribution < -0.4 is 5.48 Å². The van der Waals surface area contributed by atoms with Crippen LogP contribution >= 0.6 is 11.6 Å². The lowest BCUT2D eigenvalue weighted by atomic mass is 9.99. The topological polar surface area (TPSA) is 57.3 Å². The van der Waals surface area contributed by atoms with Gasteiger partial charge in [0.15, 0.2) is 0 Å². The van der Waals surface area contributed by atoms with Crippen LogP contribution in [0.25, 0.3) is 0 Å². The van der Waals surface area contributed by atoms with Crippen LogP contribution in [-0.2, 0) is 28.3 Å². The minimum absolute atomic E-state index is 0.0174. The number of allylic oxidation sites excluding steroid dienone is 1. The third-order valence-corrected chi connectivity index (χ3v) is 7.47. The van der Waals surface area contributed by atoms with Crippen LogP contribution in [0.2, 0.25) is 5.02 Å². The zero-order valence-corrected chi connectivity index (χ0v) is 24.2. The maximum Gasteiger partial charge on any atom is 0.416 e. The molecule has 0 saturated carbocycles. The average molecular weight is 635 g/mol. The Labute approximate surface area is 250 Å². The Hall–Kier alpha value is -3.00. The first-order chi connectivity index (χ1) is 20.3. The highest BCUT2D eigenvalue weighted by Gasteiger charge is 2.39. The second-order valence-electron chi connectivity index (χ2n) is 10.5. The van der Waals surface area contributed by atoms with Gasteiger partial charge < -0.3 is 14.5 Å². The summed E-state index contributed by atoms with van der Waals surface area (Å²) in [6.07, 6.45) is -7.99. The molecule has 14 heteroatoms. The molecule has 1 atom stereocenters. The van der Waals surface area contributed by atoms with Gasteiger partial charge in [0.2, 0.25) is 0 Å². The van der Waals surface area contributed by atoms with E-state index in [2.05, 4.69) is 10.4 Å². The van der Waals surface area contributed by atoms with Crippen molar-refractivity contribution in [1.29, 1.82) is 0 Å². The molecule has 0 aromatic heterocycles. The summed E-state index contributed by atoms with van der Waals surface area (Å²) in [6, 6.07) is 7.29. The van der Waals surface area contributed by atoms with Crippen LogP contribution in [0.15, 0.2) is 54.4 Å². The summed E-state index contributed by atoms with van der Waals surface area (Å²) < 4.78 is 86.2. The highest BCUT2D eigenvalue weighted by molar-refractivity contribution is 6.30. The first-order valence-electron chi connectivity index (χ1n) is 13.7. The molecule has 2 heterocycles. The van der Waals surface area contributed by atoms with Gasteiger partial charge in [0.1, 0.15) is 0 Å². The predicted octanol–water partition coefficient (Wildman–Crippen LogP) is 5.46. The largest absolute Gasteiger partial charge is 0.416 e. The molecule has 1 unspecified atom stereocenters. The van der Waals surface area contributed by atoms with Crippen molar-refractivity contribution in [2.75, 3.05) is 59.1 Å². The molecule has 2 saturated heterocycles. The van der Waals surface area contributed by atoms with Gasteiger partial charge >= 0.3 is 12.4 Å². The van der Waals surface area contributed by atoms with Gasteiger partial charge in [0.05, 0.1) is 42.7 Å². The number of rotatable bonds is 9. The summed E-state index contributed by atoms with van der Waals surface area (Å²) in [5.74, 6) is -0.902. The zero-order valence-electron chi connectivity index (χ0n) is 23.5. The van der Waals surface area contributed by atoms with Crippen molar-refractivity contribution in [3.05, 3.63) is 81.6 Å². The number of nitrogens with zero attached hydrogens (tertiary/aromatic N) is 3. The van der Waals surface area contributed by atoms with Crippen LogP contribution in [0.5, 0.6) is 0 Å². The number of hydrogen-bond donors (Lipinski definition) is 1. The van der Waals surface area contributed by atoms with E-state index in [0.717, 1.165) is 25.2 Å². The molecule has 43 heavy (non-hydrogen) atoms. The van der Waals surface area contributed by atoms with Gasteiger partial charge in [0, 0.05) is 56.1 Å². The Kier molecular flexibility index (Phi) is 10.9. The Bertz CT molecular complexity index is 1230. The average Bonchev–Trinajstić information content (AvgIpc) is 2.96. The lowest BCUT2D eigenvalue weighted by molar-refractivity contribution is -0.143. The van der Waals surface area contributed by atoms with Crippen LogP contribution in [0.4, 0.5) is 26.3 Å². The number of ether oxygens (including phenoxy) is 1. The summed E-state index contributed by atoms with van der Waals surface area (Å²) in [6.45, 7) is 6.72. The van der Waals surface area contributed by atoms with E-state index in [1.54, 1.807) is 24.3 Å². The number of hydrogen-bond acceptors (Lipinski definition) is 6. The predicted molar refractivity (Wildman–Crippen MR) is 148 cm³/mol. The second-order valence-corrected chi connectivity index (χ2v) is 10.9. The van der Waals surface area contributed by atoms with E-state index in [-0.39, 0.29) is 19.2 Å². The molecular formula is C29H33ClF6N4O3. The number of morpholine rings is 1. The zero-order chi connectivity index (χ0) is 31.2. The number of piperazine rings is 1. The number of carbonyl (C=O) groups is 1. The van der Waals surface area contributed by atoms with Crippen molar-refractivity contribution in [2.45, 2.75) is 31.7 Å². The molecular weight excluding hydrogens is 602 g/mol. The molecule has 2 aromatic rings. The fourth-order valence-corrected chi connectivity index (χ4v) is 5.17. The van der Waals surface area contributed by atoms with Crippen molar-refractivity contribution in [1.82, 2.24) is 20.2 Å². The maximum atomic E-state index is 13.5. The smallest absolute Gasteiger partial charge is 0.379 e. The van der Waals surface area contributed by atoms with Crippen molar-refractivity contribution in [3.8, 4) is 0 Å².